The minimum atomic E-state index is -0.740. The van der Waals surface area contributed by atoms with Gasteiger partial charge in [0.1, 0.15) is 16.6 Å². The van der Waals surface area contributed by atoms with Crippen LogP contribution in [0.4, 0.5) is 0 Å². The molecule has 0 radical (unpaired) electrons. The van der Waals surface area contributed by atoms with Crippen LogP contribution in [-0.2, 0) is 4.79 Å². The molecular formula is C24H19NO5S2. The maximum Gasteiger partial charge on any atom is 0.351 e. The highest BCUT2D eigenvalue weighted by Gasteiger charge is 2.41. The summed E-state index contributed by atoms with van der Waals surface area (Å²) in [7, 11) is 0. The van der Waals surface area contributed by atoms with Gasteiger partial charge in [0.2, 0.25) is 11.7 Å². The van der Waals surface area contributed by atoms with Gasteiger partial charge in [-0.2, -0.15) is 0 Å². The number of ether oxygens (including phenoxy) is 1. The summed E-state index contributed by atoms with van der Waals surface area (Å²) in [6.45, 7) is 0. The van der Waals surface area contributed by atoms with Crippen molar-refractivity contribution in [2.45, 2.75) is 31.7 Å². The second kappa shape index (κ2) is 7.28. The minimum Gasteiger partial charge on any atom is -0.493 e. The smallest absolute Gasteiger partial charge is 0.351 e. The van der Waals surface area contributed by atoms with Crippen molar-refractivity contribution in [1.82, 2.24) is 4.57 Å². The Balaban J connectivity index is 1.40. The number of carbonyl (C=O) groups excluding carboxylic acids is 2. The van der Waals surface area contributed by atoms with E-state index >= 15 is 0 Å². The molecule has 1 aliphatic heterocycles. The lowest BCUT2D eigenvalue weighted by Gasteiger charge is -2.23. The summed E-state index contributed by atoms with van der Waals surface area (Å²) in [5.74, 6) is 0.551. The van der Waals surface area contributed by atoms with E-state index in [0.29, 0.717) is 25.7 Å². The van der Waals surface area contributed by atoms with E-state index in [4.69, 9.17) is 21.4 Å². The zero-order chi connectivity index (χ0) is 22.0. The van der Waals surface area contributed by atoms with Crippen LogP contribution in [0, 0.1) is 15.8 Å². The zero-order valence-corrected chi connectivity index (χ0v) is 18.6. The third kappa shape index (κ3) is 3.01. The molecule has 1 N–H and O–H groups in total. The van der Waals surface area contributed by atoms with Gasteiger partial charge in [0.05, 0.1) is 10.4 Å². The van der Waals surface area contributed by atoms with Crippen molar-refractivity contribution in [2.75, 3.05) is 0 Å². The fourth-order valence-electron chi connectivity index (χ4n) is 5.34. The SMILES string of the molecule is O=C1Oc2ccccc2C(=O)C1=c1ccc(=Cc2sc(=S)n(C3CC4CCC3C4)c2O)o1. The highest BCUT2D eigenvalue weighted by atomic mass is 32.1. The van der Waals surface area contributed by atoms with Gasteiger partial charge in [-0.05, 0) is 67.6 Å². The van der Waals surface area contributed by atoms with Crippen LogP contribution in [-0.4, -0.2) is 21.4 Å². The van der Waals surface area contributed by atoms with E-state index in [1.54, 1.807) is 42.5 Å². The van der Waals surface area contributed by atoms with Gasteiger partial charge in [-0.3, -0.25) is 9.36 Å². The molecule has 0 amide bonds. The number of aromatic nitrogens is 1. The summed E-state index contributed by atoms with van der Waals surface area (Å²) in [5, 5.41) is 10.9. The molecule has 2 aromatic heterocycles. The predicted molar refractivity (Wildman–Crippen MR) is 121 cm³/mol. The lowest BCUT2D eigenvalue weighted by Crippen LogP contribution is -2.29. The molecular weight excluding hydrogens is 446 g/mol. The first-order chi connectivity index (χ1) is 15.5. The first-order valence-electron chi connectivity index (χ1n) is 10.6. The number of esters is 1. The van der Waals surface area contributed by atoms with Crippen molar-refractivity contribution in [3.8, 4) is 11.6 Å². The Morgan fingerprint density at radius 2 is 1.97 bits per heavy atom. The van der Waals surface area contributed by atoms with E-state index in [2.05, 4.69) is 0 Å². The number of ketones is 1. The molecule has 3 aromatic rings. The number of nitrogens with zero attached hydrogens (tertiary/aromatic N) is 1. The van der Waals surface area contributed by atoms with Crippen LogP contribution in [0.25, 0.3) is 11.6 Å². The van der Waals surface area contributed by atoms with Crippen molar-refractivity contribution in [1.29, 1.82) is 0 Å². The molecule has 3 unspecified atom stereocenters. The van der Waals surface area contributed by atoms with Crippen LogP contribution in [0.15, 0.2) is 40.8 Å². The maximum atomic E-state index is 12.8. The Morgan fingerprint density at radius 1 is 1.12 bits per heavy atom. The average Bonchev–Trinajstić information content (AvgIpc) is 3.55. The van der Waals surface area contributed by atoms with Crippen LogP contribution in [0.5, 0.6) is 11.6 Å². The van der Waals surface area contributed by atoms with E-state index in [0.717, 1.165) is 12.3 Å². The molecule has 2 saturated carbocycles. The standard InChI is InChI=1S/C24H19NO5S2/c26-21-15-3-1-2-4-17(15)30-23(28)20(21)18-8-7-14(29-18)11-19-22(27)25(24(31)32-19)16-10-12-5-6-13(16)9-12/h1-4,7-8,11-13,16,27H,5-6,9-10H2. The van der Waals surface area contributed by atoms with Crippen molar-refractivity contribution in [3.63, 3.8) is 0 Å². The molecule has 3 heterocycles. The Kier molecular flexibility index (Phi) is 4.48. The van der Waals surface area contributed by atoms with Gasteiger partial charge in [-0.1, -0.05) is 18.6 Å². The molecule has 8 heteroatoms. The highest BCUT2D eigenvalue weighted by molar-refractivity contribution is 7.73. The van der Waals surface area contributed by atoms with Gasteiger partial charge >= 0.3 is 5.97 Å². The minimum absolute atomic E-state index is 0.136. The van der Waals surface area contributed by atoms with Gasteiger partial charge in [-0.25, -0.2) is 4.79 Å². The number of Topliss-reactive ketones (excluding diaryl/α,β-unsaturated/α-hetero) is 1. The topological polar surface area (TPSA) is 81.7 Å². The highest BCUT2D eigenvalue weighted by Crippen LogP contribution is 2.52. The molecule has 2 fully saturated rings. The molecule has 6 rings (SSSR count). The van der Waals surface area contributed by atoms with Crippen LogP contribution >= 0.6 is 23.6 Å². The van der Waals surface area contributed by atoms with Crippen LogP contribution in [0.2, 0.25) is 0 Å². The predicted octanol–water partition coefficient (Wildman–Crippen LogP) is 3.72. The summed E-state index contributed by atoms with van der Waals surface area (Å²) in [6, 6.07) is 10.1. The molecule has 0 saturated heterocycles. The van der Waals surface area contributed by atoms with E-state index in [-0.39, 0.29) is 28.7 Å². The number of hydrogen-bond acceptors (Lipinski definition) is 7. The zero-order valence-electron chi connectivity index (χ0n) is 16.9. The number of hydrogen-bond donors (Lipinski definition) is 1. The number of fused-ring (bicyclic) bond motifs is 3. The fraction of sp³-hybridized carbons (Fsp3) is 0.292. The molecule has 2 bridgehead atoms. The normalized spacial score (nSPS) is 26.5. The lowest BCUT2D eigenvalue weighted by molar-refractivity contribution is -0.128. The molecule has 3 atom stereocenters. The van der Waals surface area contributed by atoms with Crippen LogP contribution in [0.1, 0.15) is 47.0 Å². The van der Waals surface area contributed by atoms with Gasteiger partial charge in [0.15, 0.2) is 9.53 Å². The van der Waals surface area contributed by atoms with Crippen molar-refractivity contribution < 1.29 is 23.8 Å². The molecule has 162 valence electrons. The first kappa shape index (κ1) is 19.7. The largest absolute Gasteiger partial charge is 0.493 e. The quantitative estimate of drug-likeness (QED) is 0.353. The number of aromatic hydroxyl groups is 1. The summed E-state index contributed by atoms with van der Waals surface area (Å²) >= 11 is 6.90. The number of rotatable bonds is 2. The second-order valence-corrected chi connectivity index (χ2v) is 10.3. The Morgan fingerprint density at radius 3 is 2.75 bits per heavy atom. The number of furan rings is 1. The van der Waals surface area contributed by atoms with E-state index < -0.39 is 11.8 Å². The van der Waals surface area contributed by atoms with Gasteiger partial charge in [0, 0.05) is 12.1 Å². The maximum absolute atomic E-state index is 12.8. The molecule has 2 aliphatic carbocycles. The summed E-state index contributed by atoms with van der Waals surface area (Å²) in [5.41, 5.74) is 0.734. The Labute approximate surface area is 192 Å². The van der Waals surface area contributed by atoms with Crippen LogP contribution in [0.3, 0.4) is 0 Å². The molecule has 0 spiro atoms. The average molecular weight is 466 g/mol. The van der Waals surface area contributed by atoms with Gasteiger partial charge in [-0.15, -0.1) is 11.3 Å². The lowest BCUT2D eigenvalue weighted by atomic mass is 9.95. The van der Waals surface area contributed by atoms with E-state index in [1.807, 2.05) is 4.57 Å². The van der Waals surface area contributed by atoms with Gasteiger partial charge < -0.3 is 14.3 Å². The number of thiazole rings is 1. The van der Waals surface area contributed by atoms with Crippen molar-refractivity contribution in [3.05, 3.63) is 61.6 Å². The molecule has 1 aromatic carbocycles. The van der Waals surface area contributed by atoms with Gasteiger partial charge in [0.25, 0.3) is 0 Å². The number of carbonyl (C=O) groups is 2. The fourth-order valence-corrected chi connectivity index (χ4v) is 6.70. The Hall–Kier alpha value is -2.97. The summed E-state index contributed by atoms with van der Waals surface area (Å²) in [6.07, 6.45) is 6.44. The van der Waals surface area contributed by atoms with Crippen LogP contribution < -0.4 is 15.6 Å². The number of benzene rings is 1. The second-order valence-electron chi connectivity index (χ2n) is 8.60. The Bertz CT molecular complexity index is 1460. The third-order valence-corrected chi connectivity index (χ3v) is 8.13. The first-order valence-corrected chi connectivity index (χ1v) is 11.8. The van der Waals surface area contributed by atoms with E-state index in [1.165, 1.54) is 30.6 Å². The molecule has 3 aliphatic rings. The van der Waals surface area contributed by atoms with E-state index in [9.17, 15) is 14.7 Å². The summed E-state index contributed by atoms with van der Waals surface area (Å²) < 4.78 is 13.6. The number of para-hydroxylation sites is 1. The van der Waals surface area contributed by atoms with Crippen molar-refractivity contribution >= 4 is 47.0 Å². The molecule has 6 nitrogen and oxygen atoms in total. The third-order valence-electron chi connectivity index (χ3n) is 6.79. The summed E-state index contributed by atoms with van der Waals surface area (Å²) in [4.78, 5) is 25.9. The molecule has 32 heavy (non-hydrogen) atoms. The monoisotopic (exact) mass is 465 g/mol. The van der Waals surface area contributed by atoms with Crippen molar-refractivity contribution in [2.24, 2.45) is 11.8 Å².